The number of benzene rings is 1. The Balaban J connectivity index is 2.16. The summed E-state index contributed by atoms with van der Waals surface area (Å²) in [7, 11) is 1.69. The van der Waals surface area contributed by atoms with E-state index in [9.17, 15) is 0 Å². The summed E-state index contributed by atoms with van der Waals surface area (Å²) in [5.41, 5.74) is 1.29. The zero-order valence-electron chi connectivity index (χ0n) is 12.2. The molecule has 21 heavy (non-hydrogen) atoms. The minimum absolute atomic E-state index is 0.349. The van der Waals surface area contributed by atoms with Crippen molar-refractivity contribution in [3.8, 4) is 5.75 Å². The molecule has 1 aromatic heterocycles. The van der Waals surface area contributed by atoms with Crippen LogP contribution in [0.4, 0.5) is 0 Å². The first kappa shape index (κ1) is 17.0. The average molecular weight is 433 g/mol. The Bertz CT molecular complexity index is 585. The Morgan fingerprint density at radius 2 is 2.10 bits per heavy atom. The quantitative estimate of drug-likeness (QED) is 0.617. The molecule has 2 aromatic rings. The fraction of sp³-hybridized carbons (Fsp3) is 0.375. The molecule has 0 amide bonds. The summed E-state index contributed by atoms with van der Waals surface area (Å²) in [6, 6.07) is 8.84. The maximum atomic E-state index is 5.29. The molecule has 1 unspecified atom stereocenters. The molecule has 114 valence electrons. The number of rotatable bonds is 7. The summed E-state index contributed by atoms with van der Waals surface area (Å²) in [6.07, 6.45) is 2.10. The van der Waals surface area contributed by atoms with Gasteiger partial charge in [0.25, 0.3) is 0 Å². The number of halogens is 2. The molecule has 1 N–H and O–H groups in total. The predicted molar refractivity (Wildman–Crippen MR) is 97.5 cm³/mol. The predicted octanol–water partition coefficient (Wildman–Crippen LogP) is 5.57. The fourth-order valence-corrected chi connectivity index (χ4v) is 4.28. The number of ether oxygens (including phenoxy) is 1. The molecule has 1 heterocycles. The highest BCUT2D eigenvalue weighted by Crippen LogP contribution is 2.31. The molecular weight excluding hydrogens is 414 g/mol. The molecule has 2 rings (SSSR count). The van der Waals surface area contributed by atoms with Crippen molar-refractivity contribution in [2.45, 2.75) is 25.8 Å². The van der Waals surface area contributed by atoms with Gasteiger partial charge in [-0.15, -0.1) is 11.3 Å². The second-order valence-corrected chi connectivity index (χ2v) is 7.56. The van der Waals surface area contributed by atoms with Crippen molar-refractivity contribution >= 4 is 43.2 Å². The average Bonchev–Trinajstić information content (AvgIpc) is 2.90. The van der Waals surface area contributed by atoms with Gasteiger partial charge in [0, 0.05) is 20.8 Å². The Kier molecular flexibility index (Phi) is 6.74. The largest absolute Gasteiger partial charge is 0.496 e. The lowest BCUT2D eigenvalue weighted by Crippen LogP contribution is -2.23. The highest BCUT2D eigenvalue weighted by molar-refractivity contribution is 9.10. The van der Waals surface area contributed by atoms with Gasteiger partial charge in [-0.3, -0.25) is 0 Å². The van der Waals surface area contributed by atoms with Gasteiger partial charge in [0.1, 0.15) is 5.75 Å². The van der Waals surface area contributed by atoms with Crippen molar-refractivity contribution in [3.63, 3.8) is 0 Å². The van der Waals surface area contributed by atoms with Crippen molar-refractivity contribution in [3.05, 3.63) is 49.0 Å². The summed E-state index contributed by atoms with van der Waals surface area (Å²) in [5, 5.41) is 5.78. The zero-order valence-corrected chi connectivity index (χ0v) is 16.1. The van der Waals surface area contributed by atoms with E-state index in [1.54, 1.807) is 18.4 Å². The highest BCUT2D eigenvalue weighted by Gasteiger charge is 2.14. The maximum Gasteiger partial charge on any atom is 0.133 e. The van der Waals surface area contributed by atoms with Crippen LogP contribution in [0.2, 0.25) is 0 Å². The van der Waals surface area contributed by atoms with E-state index in [1.165, 1.54) is 10.4 Å². The SMILES string of the molecule is CCCNC(Cc1ccc(OC)c(Br)c1)c1cc(Br)cs1. The van der Waals surface area contributed by atoms with Gasteiger partial charge in [0.15, 0.2) is 0 Å². The lowest BCUT2D eigenvalue weighted by molar-refractivity contribution is 0.412. The number of hydrogen-bond donors (Lipinski definition) is 1. The van der Waals surface area contributed by atoms with Crippen molar-refractivity contribution in [2.24, 2.45) is 0 Å². The van der Waals surface area contributed by atoms with Crippen molar-refractivity contribution in [2.75, 3.05) is 13.7 Å². The topological polar surface area (TPSA) is 21.3 Å². The van der Waals surface area contributed by atoms with Gasteiger partial charge < -0.3 is 10.1 Å². The van der Waals surface area contributed by atoms with E-state index in [1.807, 2.05) is 6.07 Å². The molecule has 5 heteroatoms. The van der Waals surface area contributed by atoms with Gasteiger partial charge in [-0.25, -0.2) is 0 Å². The third kappa shape index (κ3) is 4.81. The second kappa shape index (κ2) is 8.32. The van der Waals surface area contributed by atoms with E-state index in [2.05, 4.69) is 67.7 Å². The molecule has 0 aliphatic rings. The normalized spacial score (nSPS) is 12.4. The fourth-order valence-electron chi connectivity index (χ4n) is 2.18. The van der Waals surface area contributed by atoms with E-state index < -0.39 is 0 Å². The van der Waals surface area contributed by atoms with Crippen LogP contribution in [0, 0.1) is 0 Å². The van der Waals surface area contributed by atoms with Crippen LogP contribution in [0.3, 0.4) is 0 Å². The lowest BCUT2D eigenvalue weighted by Gasteiger charge is -2.18. The van der Waals surface area contributed by atoms with Crippen LogP contribution in [0.1, 0.15) is 29.8 Å². The minimum Gasteiger partial charge on any atom is -0.496 e. The lowest BCUT2D eigenvalue weighted by atomic mass is 10.0. The van der Waals surface area contributed by atoms with Crippen LogP contribution >= 0.6 is 43.2 Å². The summed E-state index contributed by atoms with van der Waals surface area (Å²) in [5.74, 6) is 0.871. The molecule has 0 aliphatic carbocycles. The Hall–Kier alpha value is -0.360. The van der Waals surface area contributed by atoms with E-state index in [4.69, 9.17) is 4.74 Å². The van der Waals surface area contributed by atoms with Gasteiger partial charge in [-0.2, -0.15) is 0 Å². The molecule has 0 bridgehead atoms. The van der Waals surface area contributed by atoms with E-state index in [0.717, 1.165) is 34.1 Å². The third-order valence-electron chi connectivity index (χ3n) is 3.23. The van der Waals surface area contributed by atoms with Crippen LogP contribution in [-0.4, -0.2) is 13.7 Å². The summed E-state index contributed by atoms with van der Waals surface area (Å²) in [4.78, 5) is 1.36. The Morgan fingerprint density at radius 3 is 2.67 bits per heavy atom. The number of methoxy groups -OCH3 is 1. The van der Waals surface area contributed by atoms with Crippen LogP contribution in [-0.2, 0) is 6.42 Å². The number of nitrogens with one attached hydrogen (secondary N) is 1. The van der Waals surface area contributed by atoms with Gasteiger partial charge in [-0.1, -0.05) is 13.0 Å². The summed E-state index contributed by atoms with van der Waals surface area (Å²) < 4.78 is 7.45. The standard InChI is InChI=1S/C16H19Br2NOS/c1-3-6-19-14(16-9-12(17)10-21-16)8-11-4-5-15(20-2)13(18)7-11/h4-5,7,9-10,14,19H,3,6,8H2,1-2H3. The molecule has 0 saturated heterocycles. The van der Waals surface area contributed by atoms with Gasteiger partial charge in [0.2, 0.25) is 0 Å². The van der Waals surface area contributed by atoms with Crippen LogP contribution < -0.4 is 10.1 Å². The monoisotopic (exact) mass is 431 g/mol. The van der Waals surface area contributed by atoms with Crippen LogP contribution in [0.25, 0.3) is 0 Å². The summed E-state index contributed by atoms with van der Waals surface area (Å²) >= 11 is 8.90. The van der Waals surface area contributed by atoms with Crippen LogP contribution in [0.15, 0.2) is 38.6 Å². The first-order valence-corrected chi connectivity index (χ1v) is 9.40. The van der Waals surface area contributed by atoms with Crippen molar-refractivity contribution < 1.29 is 4.74 Å². The third-order valence-corrected chi connectivity index (χ3v) is 5.65. The van der Waals surface area contributed by atoms with E-state index in [0.29, 0.717) is 6.04 Å². The van der Waals surface area contributed by atoms with Gasteiger partial charge in [-0.05, 0) is 75.0 Å². The Labute approximate surface area is 147 Å². The molecule has 1 aromatic carbocycles. The molecule has 0 fully saturated rings. The number of hydrogen-bond acceptors (Lipinski definition) is 3. The van der Waals surface area contributed by atoms with E-state index in [-0.39, 0.29) is 0 Å². The molecular formula is C16H19Br2NOS. The second-order valence-electron chi connectivity index (χ2n) is 4.85. The summed E-state index contributed by atoms with van der Waals surface area (Å²) in [6.45, 7) is 3.22. The zero-order chi connectivity index (χ0) is 15.2. The molecule has 2 nitrogen and oxygen atoms in total. The maximum absolute atomic E-state index is 5.29. The first-order valence-electron chi connectivity index (χ1n) is 6.93. The molecule has 0 radical (unpaired) electrons. The Morgan fingerprint density at radius 1 is 1.29 bits per heavy atom. The van der Waals surface area contributed by atoms with Crippen molar-refractivity contribution in [1.82, 2.24) is 5.32 Å². The smallest absolute Gasteiger partial charge is 0.133 e. The highest BCUT2D eigenvalue weighted by atomic mass is 79.9. The van der Waals surface area contributed by atoms with Crippen molar-refractivity contribution in [1.29, 1.82) is 0 Å². The van der Waals surface area contributed by atoms with Gasteiger partial charge in [0.05, 0.1) is 11.6 Å². The minimum atomic E-state index is 0.349. The number of thiophene rings is 1. The molecule has 0 spiro atoms. The van der Waals surface area contributed by atoms with Crippen LogP contribution in [0.5, 0.6) is 5.75 Å². The molecule has 0 saturated carbocycles. The molecule has 0 aliphatic heterocycles. The van der Waals surface area contributed by atoms with E-state index >= 15 is 0 Å². The first-order chi connectivity index (χ1) is 10.1. The van der Waals surface area contributed by atoms with Gasteiger partial charge >= 0.3 is 0 Å². The molecule has 1 atom stereocenters.